The molecule has 2 rings (SSSR count). The van der Waals surface area contributed by atoms with Crippen LogP contribution in [-0.2, 0) is 4.74 Å². The van der Waals surface area contributed by atoms with Crippen molar-refractivity contribution in [3.63, 3.8) is 0 Å². The zero-order chi connectivity index (χ0) is 13.0. The molecule has 1 heterocycles. The van der Waals surface area contributed by atoms with E-state index in [0.717, 1.165) is 5.82 Å². The van der Waals surface area contributed by atoms with Crippen LogP contribution in [0.1, 0.15) is 43.0 Å². The van der Waals surface area contributed by atoms with Crippen LogP contribution in [0.15, 0.2) is 18.3 Å². The summed E-state index contributed by atoms with van der Waals surface area (Å²) in [5, 5.41) is 3.38. The van der Waals surface area contributed by atoms with E-state index >= 15 is 0 Å². The summed E-state index contributed by atoms with van der Waals surface area (Å²) in [6.45, 7) is 2.18. The molecule has 0 spiro atoms. The molecule has 0 saturated heterocycles. The predicted molar refractivity (Wildman–Crippen MR) is 70.6 cm³/mol. The van der Waals surface area contributed by atoms with Gasteiger partial charge in [0.1, 0.15) is 5.82 Å². The van der Waals surface area contributed by atoms with Crippen molar-refractivity contribution in [2.45, 2.75) is 38.6 Å². The predicted octanol–water partition coefficient (Wildman–Crippen LogP) is 2.86. The molecule has 4 heteroatoms. The van der Waals surface area contributed by atoms with Gasteiger partial charge in [0.05, 0.1) is 12.7 Å². The van der Waals surface area contributed by atoms with E-state index < -0.39 is 0 Å². The minimum atomic E-state index is -0.325. The van der Waals surface area contributed by atoms with E-state index in [0.29, 0.717) is 17.5 Å². The monoisotopic (exact) mass is 248 g/mol. The van der Waals surface area contributed by atoms with Gasteiger partial charge in [0.25, 0.3) is 0 Å². The van der Waals surface area contributed by atoms with E-state index in [-0.39, 0.29) is 5.97 Å². The summed E-state index contributed by atoms with van der Waals surface area (Å²) < 4.78 is 4.70. The molecule has 4 nitrogen and oxygen atoms in total. The van der Waals surface area contributed by atoms with Crippen molar-refractivity contribution in [3.05, 3.63) is 23.9 Å². The highest BCUT2D eigenvalue weighted by Crippen LogP contribution is 2.28. The number of hydrogen-bond acceptors (Lipinski definition) is 4. The van der Waals surface area contributed by atoms with Crippen molar-refractivity contribution in [2.75, 3.05) is 12.4 Å². The fourth-order valence-corrected chi connectivity index (χ4v) is 2.56. The highest BCUT2D eigenvalue weighted by Gasteiger charge is 2.21. The number of nitrogens with one attached hydrogen (secondary N) is 1. The van der Waals surface area contributed by atoms with Crippen molar-refractivity contribution in [1.82, 2.24) is 4.98 Å². The molecule has 1 aliphatic rings. The maximum atomic E-state index is 11.4. The van der Waals surface area contributed by atoms with Crippen molar-refractivity contribution in [1.29, 1.82) is 0 Å². The summed E-state index contributed by atoms with van der Waals surface area (Å²) >= 11 is 0. The van der Waals surface area contributed by atoms with Crippen molar-refractivity contribution < 1.29 is 9.53 Å². The van der Waals surface area contributed by atoms with Gasteiger partial charge < -0.3 is 10.1 Å². The Morgan fingerprint density at radius 3 is 2.89 bits per heavy atom. The smallest absolute Gasteiger partial charge is 0.338 e. The zero-order valence-corrected chi connectivity index (χ0v) is 11.0. The molecule has 18 heavy (non-hydrogen) atoms. The maximum absolute atomic E-state index is 11.4. The lowest BCUT2D eigenvalue weighted by molar-refractivity contribution is 0.0600. The second kappa shape index (κ2) is 5.85. The molecule has 1 N–H and O–H groups in total. The van der Waals surface area contributed by atoms with Gasteiger partial charge in [0.15, 0.2) is 0 Å². The Bertz CT molecular complexity index is 414. The first kappa shape index (κ1) is 12.9. The summed E-state index contributed by atoms with van der Waals surface area (Å²) in [4.78, 5) is 15.7. The number of nitrogens with zero attached hydrogens (tertiary/aromatic N) is 1. The second-order valence-corrected chi connectivity index (χ2v) is 4.90. The molecule has 98 valence electrons. The van der Waals surface area contributed by atoms with E-state index in [1.165, 1.54) is 32.8 Å². The number of pyridine rings is 1. The van der Waals surface area contributed by atoms with Crippen LogP contribution >= 0.6 is 0 Å². The van der Waals surface area contributed by atoms with Gasteiger partial charge in [-0.15, -0.1) is 0 Å². The standard InChI is InChI=1S/C14H20N2O2/c1-10(11-5-3-4-6-11)16-13-9-12(7-8-15-13)14(17)18-2/h7-11H,3-6H2,1-2H3,(H,15,16). The normalized spacial score (nSPS) is 17.4. The quantitative estimate of drug-likeness (QED) is 0.832. The fourth-order valence-electron chi connectivity index (χ4n) is 2.56. The third-order valence-corrected chi connectivity index (χ3v) is 3.66. The minimum absolute atomic E-state index is 0.325. The van der Waals surface area contributed by atoms with Crippen LogP contribution in [0.3, 0.4) is 0 Å². The lowest BCUT2D eigenvalue weighted by atomic mass is 10.00. The third-order valence-electron chi connectivity index (χ3n) is 3.66. The Kier molecular flexibility index (Phi) is 4.18. The molecule has 1 saturated carbocycles. The number of hydrogen-bond donors (Lipinski definition) is 1. The van der Waals surface area contributed by atoms with Gasteiger partial charge in [-0.2, -0.15) is 0 Å². The Hall–Kier alpha value is -1.58. The van der Waals surface area contributed by atoms with Gasteiger partial charge in [0, 0.05) is 12.2 Å². The first-order chi connectivity index (χ1) is 8.70. The number of carbonyl (C=O) groups excluding carboxylic acids is 1. The van der Waals surface area contributed by atoms with Gasteiger partial charge in [-0.3, -0.25) is 0 Å². The lowest BCUT2D eigenvalue weighted by Gasteiger charge is -2.21. The molecule has 1 fully saturated rings. The molecule has 0 aliphatic heterocycles. The van der Waals surface area contributed by atoms with Crippen LogP contribution in [0.4, 0.5) is 5.82 Å². The molecule has 1 aromatic rings. The van der Waals surface area contributed by atoms with Crippen LogP contribution in [0.25, 0.3) is 0 Å². The van der Waals surface area contributed by atoms with Crippen LogP contribution < -0.4 is 5.32 Å². The van der Waals surface area contributed by atoms with Crippen molar-refractivity contribution in [3.8, 4) is 0 Å². The average molecular weight is 248 g/mol. The summed E-state index contributed by atoms with van der Waals surface area (Å²) in [6, 6.07) is 3.81. The molecule has 1 unspecified atom stereocenters. The van der Waals surface area contributed by atoms with Gasteiger partial charge in [0.2, 0.25) is 0 Å². The summed E-state index contributed by atoms with van der Waals surface area (Å²) in [6.07, 6.45) is 6.85. The Balaban J connectivity index is 2.02. The van der Waals surface area contributed by atoms with Gasteiger partial charge in [-0.05, 0) is 37.8 Å². The van der Waals surface area contributed by atoms with E-state index in [1.807, 2.05) is 0 Å². The third kappa shape index (κ3) is 3.00. The summed E-state index contributed by atoms with van der Waals surface area (Å²) in [5.41, 5.74) is 0.536. The minimum Gasteiger partial charge on any atom is -0.465 e. The van der Waals surface area contributed by atoms with Crippen LogP contribution in [-0.4, -0.2) is 24.1 Å². The number of aromatic nitrogens is 1. The topological polar surface area (TPSA) is 51.2 Å². The summed E-state index contributed by atoms with van der Waals surface area (Å²) in [5.74, 6) is 1.14. The summed E-state index contributed by atoms with van der Waals surface area (Å²) in [7, 11) is 1.39. The largest absolute Gasteiger partial charge is 0.465 e. The van der Waals surface area contributed by atoms with Crippen molar-refractivity contribution >= 4 is 11.8 Å². The van der Waals surface area contributed by atoms with Gasteiger partial charge in [-0.1, -0.05) is 12.8 Å². The van der Waals surface area contributed by atoms with Crippen LogP contribution in [0.2, 0.25) is 0 Å². The number of rotatable bonds is 4. The number of anilines is 1. The fraction of sp³-hybridized carbons (Fsp3) is 0.571. The highest BCUT2D eigenvalue weighted by molar-refractivity contribution is 5.89. The number of carbonyl (C=O) groups is 1. The lowest BCUT2D eigenvalue weighted by Crippen LogP contribution is -2.24. The van der Waals surface area contributed by atoms with Gasteiger partial charge in [-0.25, -0.2) is 9.78 Å². The average Bonchev–Trinajstić information content (AvgIpc) is 2.92. The second-order valence-electron chi connectivity index (χ2n) is 4.90. The molecule has 1 aliphatic carbocycles. The van der Waals surface area contributed by atoms with Crippen LogP contribution in [0.5, 0.6) is 0 Å². The van der Waals surface area contributed by atoms with E-state index in [2.05, 4.69) is 17.2 Å². The van der Waals surface area contributed by atoms with E-state index in [9.17, 15) is 4.79 Å². The SMILES string of the molecule is COC(=O)c1ccnc(NC(C)C2CCCC2)c1. The number of ether oxygens (including phenoxy) is 1. The molecular formula is C14H20N2O2. The molecule has 0 amide bonds. The molecule has 1 aromatic heterocycles. The first-order valence-electron chi connectivity index (χ1n) is 6.51. The number of methoxy groups -OCH3 is 1. The Labute approximate surface area is 108 Å². The molecule has 0 bridgehead atoms. The number of esters is 1. The van der Waals surface area contributed by atoms with Crippen LogP contribution in [0, 0.1) is 5.92 Å². The molecule has 0 aromatic carbocycles. The highest BCUT2D eigenvalue weighted by atomic mass is 16.5. The van der Waals surface area contributed by atoms with Crippen molar-refractivity contribution in [2.24, 2.45) is 5.92 Å². The Morgan fingerprint density at radius 1 is 1.50 bits per heavy atom. The van der Waals surface area contributed by atoms with E-state index in [4.69, 9.17) is 4.74 Å². The molecule has 0 radical (unpaired) electrons. The van der Waals surface area contributed by atoms with E-state index in [1.54, 1.807) is 18.3 Å². The molecular weight excluding hydrogens is 228 g/mol. The Morgan fingerprint density at radius 2 is 2.22 bits per heavy atom. The van der Waals surface area contributed by atoms with Gasteiger partial charge >= 0.3 is 5.97 Å². The zero-order valence-electron chi connectivity index (χ0n) is 11.0. The first-order valence-corrected chi connectivity index (χ1v) is 6.51. The molecule has 1 atom stereocenters. The maximum Gasteiger partial charge on any atom is 0.338 e.